The van der Waals surface area contributed by atoms with Crippen LogP contribution in [0.4, 0.5) is 10.1 Å². The Morgan fingerprint density at radius 2 is 1.94 bits per heavy atom. The SMILES string of the molecule is CCNC(=NCc1cccc(NC(=O)CN(C)C)c1)NC(C)c1ccc(C)c(F)c1.I. The Labute approximate surface area is 201 Å². The molecule has 1 atom stereocenters. The lowest BCUT2D eigenvalue weighted by Crippen LogP contribution is -2.38. The number of carbonyl (C=O) groups excluding carboxylic acids is 1. The van der Waals surface area contributed by atoms with Crippen LogP contribution in [0.2, 0.25) is 0 Å². The molecule has 0 aliphatic carbocycles. The molecule has 3 N–H and O–H groups in total. The van der Waals surface area contributed by atoms with Crippen LogP contribution in [0.3, 0.4) is 0 Å². The van der Waals surface area contributed by atoms with E-state index >= 15 is 0 Å². The minimum absolute atomic E-state index is 0. The normalized spacial score (nSPS) is 12.2. The molecule has 0 radical (unpaired) electrons. The van der Waals surface area contributed by atoms with Crippen LogP contribution in [0, 0.1) is 12.7 Å². The topological polar surface area (TPSA) is 68.8 Å². The molecule has 0 saturated heterocycles. The number of amides is 1. The molecular formula is C23H33FIN5O. The maximum Gasteiger partial charge on any atom is 0.238 e. The Bertz CT molecular complexity index is 888. The molecule has 6 nitrogen and oxygen atoms in total. The van der Waals surface area contributed by atoms with Gasteiger partial charge in [-0.25, -0.2) is 9.38 Å². The minimum Gasteiger partial charge on any atom is -0.357 e. The molecule has 1 unspecified atom stereocenters. The van der Waals surface area contributed by atoms with Crippen molar-refractivity contribution in [2.45, 2.75) is 33.4 Å². The van der Waals surface area contributed by atoms with Crippen molar-refractivity contribution in [2.75, 3.05) is 32.5 Å². The molecule has 1 amide bonds. The zero-order chi connectivity index (χ0) is 22.1. The number of aryl methyl sites for hydroxylation is 1. The van der Waals surface area contributed by atoms with E-state index in [-0.39, 0.29) is 41.7 Å². The maximum atomic E-state index is 13.9. The van der Waals surface area contributed by atoms with Gasteiger partial charge in [-0.15, -0.1) is 24.0 Å². The second-order valence-corrected chi connectivity index (χ2v) is 7.56. The van der Waals surface area contributed by atoms with Gasteiger partial charge >= 0.3 is 0 Å². The zero-order valence-electron chi connectivity index (χ0n) is 18.8. The molecule has 0 bridgehead atoms. The molecule has 0 aliphatic rings. The molecule has 2 rings (SSSR count). The average Bonchev–Trinajstić information content (AvgIpc) is 2.68. The van der Waals surface area contributed by atoms with E-state index < -0.39 is 0 Å². The van der Waals surface area contributed by atoms with E-state index in [4.69, 9.17) is 0 Å². The van der Waals surface area contributed by atoms with Crippen molar-refractivity contribution in [2.24, 2.45) is 4.99 Å². The first kappa shape index (κ1) is 26.8. The fourth-order valence-electron chi connectivity index (χ4n) is 2.89. The van der Waals surface area contributed by atoms with Crippen LogP contribution in [0.25, 0.3) is 0 Å². The number of carbonyl (C=O) groups is 1. The molecule has 0 fully saturated rings. The van der Waals surface area contributed by atoms with Gasteiger partial charge in [0.1, 0.15) is 5.82 Å². The lowest BCUT2D eigenvalue weighted by atomic mass is 10.1. The number of hydrogen-bond acceptors (Lipinski definition) is 3. The fourth-order valence-corrected chi connectivity index (χ4v) is 2.89. The van der Waals surface area contributed by atoms with Crippen molar-refractivity contribution >= 4 is 41.5 Å². The Kier molecular flexibility index (Phi) is 11.5. The smallest absolute Gasteiger partial charge is 0.238 e. The zero-order valence-corrected chi connectivity index (χ0v) is 21.2. The van der Waals surface area contributed by atoms with Gasteiger partial charge in [-0.2, -0.15) is 0 Å². The molecule has 0 spiro atoms. The predicted molar refractivity (Wildman–Crippen MR) is 137 cm³/mol. The monoisotopic (exact) mass is 541 g/mol. The molecule has 2 aromatic carbocycles. The summed E-state index contributed by atoms with van der Waals surface area (Å²) in [6.45, 7) is 7.20. The quantitative estimate of drug-likeness (QED) is 0.268. The number of benzene rings is 2. The third-order valence-corrected chi connectivity index (χ3v) is 4.48. The summed E-state index contributed by atoms with van der Waals surface area (Å²) in [5.41, 5.74) is 3.21. The molecule has 31 heavy (non-hydrogen) atoms. The van der Waals surface area contributed by atoms with Gasteiger partial charge in [0.05, 0.1) is 19.1 Å². The van der Waals surface area contributed by atoms with E-state index in [1.54, 1.807) is 19.1 Å². The van der Waals surface area contributed by atoms with Crippen molar-refractivity contribution in [1.29, 1.82) is 0 Å². The van der Waals surface area contributed by atoms with E-state index in [9.17, 15) is 9.18 Å². The van der Waals surface area contributed by atoms with Crippen LogP contribution in [0.5, 0.6) is 0 Å². The highest BCUT2D eigenvalue weighted by Crippen LogP contribution is 2.16. The number of anilines is 1. The first-order valence-electron chi connectivity index (χ1n) is 10.1. The fraction of sp³-hybridized carbons (Fsp3) is 0.391. The predicted octanol–water partition coefficient (Wildman–Crippen LogP) is 4.07. The Balaban J connectivity index is 0.00000480. The molecule has 0 aliphatic heterocycles. The van der Waals surface area contributed by atoms with Gasteiger partial charge in [-0.05, 0) is 69.8 Å². The van der Waals surface area contributed by atoms with E-state index in [1.807, 2.05) is 63.2 Å². The summed E-state index contributed by atoms with van der Waals surface area (Å²) in [4.78, 5) is 18.4. The molecule has 8 heteroatoms. The summed E-state index contributed by atoms with van der Waals surface area (Å²) in [6.07, 6.45) is 0. The van der Waals surface area contributed by atoms with E-state index in [1.165, 1.54) is 0 Å². The molecule has 0 heterocycles. The minimum atomic E-state index is -0.212. The van der Waals surface area contributed by atoms with E-state index in [2.05, 4.69) is 20.9 Å². The molecule has 0 saturated carbocycles. The molecule has 0 aromatic heterocycles. The average molecular weight is 541 g/mol. The van der Waals surface area contributed by atoms with Gasteiger partial charge in [-0.3, -0.25) is 4.79 Å². The van der Waals surface area contributed by atoms with Crippen molar-refractivity contribution in [3.05, 3.63) is 65.0 Å². The highest BCUT2D eigenvalue weighted by molar-refractivity contribution is 14.0. The molecule has 170 valence electrons. The molecular weight excluding hydrogens is 508 g/mol. The largest absolute Gasteiger partial charge is 0.357 e. The van der Waals surface area contributed by atoms with Gasteiger partial charge < -0.3 is 20.9 Å². The summed E-state index contributed by atoms with van der Waals surface area (Å²) in [5.74, 6) is 0.374. The lowest BCUT2D eigenvalue weighted by molar-refractivity contribution is -0.116. The number of halogens is 2. The molecule has 2 aromatic rings. The number of nitrogens with zero attached hydrogens (tertiary/aromatic N) is 2. The van der Waals surface area contributed by atoms with E-state index in [0.717, 1.165) is 16.8 Å². The third-order valence-electron chi connectivity index (χ3n) is 4.48. The Morgan fingerprint density at radius 3 is 2.58 bits per heavy atom. The second-order valence-electron chi connectivity index (χ2n) is 7.56. The number of guanidine groups is 1. The lowest BCUT2D eigenvalue weighted by Gasteiger charge is -2.18. The van der Waals surface area contributed by atoms with Crippen molar-refractivity contribution in [3.8, 4) is 0 Å². The maximum absolute atomic E-state index is 13.9. The van der Waals surface area contributed by atoms with Gasteiger partial charge in [-0.1, -0.05) is 24.3 Å². The van der Waals surface area contributed by atoms with Crippen LogP contribution in [-0.2, 0) is 11.3 Å². The van der Waals surface area contributed by atoms with Gasteiger partial charge in [0.25, 0.3) is 0 Å². The van der Waals surface area contributed by atoms with Gasteiger partial charge in [0.2, 0.25) is 5.91 Å². The number of nitrogens with one attached hydrogen (secondary N) is 3. The highest BCUT2D eigenvalue weighted by Gasteiger charge is 2.10. The van der Waals surface area contributed by atoms with Crippen LogP contribution in [-0.4, -0.2) is 44.0 Å². The van der Waals surface area contributed by atoms with Crippen LogP contribution in [0.15, 0.2) is 47.5 Å². The van der Waals surface area contributed by atoms with Gasteiger partial charge in [0.15, 0.2) is 5.96 Å². The van der Waals surface area contributed by atoms with Crippen molar-refractivity contribution in [3.63, 3.8) is 0 Å². The van der Waals surface area contributed by atoms with Crippen molar-refractivity contribution in [1.82, 2.24) is 15.5 Å². The summed E-state index contributed by atoms with van der Waals surface area (Å²) in [7, 11) is 3.71. The summed E-state index contributed by atoms with van der Waals surface area (Å²) in [5, 5.41) is 9.43. The first-order chi connectivity index (χ1) is 14.3. The van der Waals surface area contributed by atoms with Crippen LogP contribution in [0.1, 0.15) is 36.6 Å². The third kappa shape index (κ3) is 9.22. The first-order valence-corrected chi connectivity index (χ1v) is 10.1. The van der Waals surface area contributed by atoms with Crippen LogP contribution < -0.4 is 16.0 Å². The number of rotatable bonds is 8. The Morgan fingerprint density at radius 1 is 1.19 bits per heavy atom. The summed E-state index contributed by atoms with van der Waals surface area (Å²) < 4.78 is 13.9. The van der Waals surface area contributed by atoms with E-state index in [0.29, 0.717) is 31.2 Å². The highest BCUT2D eigenvalue weighted by atomic mass is 127. The number of aliphatic imine (C=N–C) groups is 1. The summed E-state index contributed by atoms with van der Waals surface area (Å²) in [6, 6.07) is 12.8. The number of likely N-dealkylation sites (N-methyl/N-ethyl adjacent to an activating group) is 1. The van der Waals surface area contributed by atoms with Gasteiger partial charge in [0, 0.05) is 12.2 Å². The van der Waals surface area contributed by atoms with Crippen molar-refractivity contribution < 1.29 is 9.18 Å². The summed E-state index contributed by atoms with van der Waals surface area (Å²) >= 11 is 0. The Hall–Kier alpha value is -2.20. The standard InChI is InChI=1S/C23H32FN5O.HI/c1-6-25-23(27-17(3)19-11-10-16(2)21(24)13-19)26-14-18-8-7-9-20(12-18)28-22(30)15-29(4)5;/h7-13,17H,6,14-15H2,1-5H3,(H,28,30)(H2,25,26,27);1H. The number of hydrogen-bond donors (Lipinski definition) is 3. The van der Waals surface area contributed by atoms with Crippen LogP contribution >= 0.6 is 24.0 Å². The second kappa shape index (κ2) is 13.3.